The lowest BCUT2D eigenvalue weighted by Crippen LogP contribution is -1.91. The lowest BCUT2D eigenvalue weighted by molar-refractivity contribution is -0.384. The number of aryl methyl sites for hydroxylation is 1. The molecule has 1 N–H and O–H groups in total. The Bertz CT molecular complexity index is 847. The monoisotopic (exact) mass is 319 g/mol. The lowest BCUT2D eigenvalue weighted by atomic mass is 10.2. The Balaban J connectivity index is 1.95. The highest BCUT2D eigenvalue weighted by molar-refractivity contribution is 7.22. The standard InChI is InChI=1S/C14H10ClN3O2S/c1-8-6-9(15)2-4-11(8)16-14-17-12-5-3-10(18(19)20)7-13(12)21-14/h2-7H,1H3,(H,16,17). The highest BCUT2D eigenvalue weighted by Gasteiger charge is 2.11. The molecule has 0 saturated carbocycles. The molecule has 3 aromatic rings. The van der Waals surface area contributed by atoms with Crippen molar-refractivity contribution in [3.8, 4) is 0 Å². The van der Waals surface area contributed by atoms with Crippen LogP contribution < -0.4 is 5.32 Å². The van der Waals surface area contributed by atoms with Crippen LogP contribution >= 0.6 is 22.9 Å². The first-order valence-corrected chi connectivity index (χ1v) is 7.30. The minimum absolute atomic E-state index is 0.0698. The first-order valence-electron chi connectivity index (χ1n) is 6.11. The Morgan fingerprint density at radius 3 is 2.81 bits per heavy atom. The van der Waals surface area contributed by atoms with Gasteiger partial charge in [-0.2, -0.15) is 0 Å². The van der Waals surface area contributed by atoms with Gasteiger partial charge in [-0.1, -0.05) is 22.9 Å². The zero-order chi connectivity index (χ0) is 15.0. The molecule has 0 atom stereocenters. The van der Waals surface area contributed by atoms with Gasteiger partial charge >= 0.3 is 0 Å². The molecule has 7 heteroatoms. The fourth-order valence-electron chi connectivity index (χ4n) is 1.96. The topological polar surface area (TPSA) is 68.1 Å². The van der Waals surface area contributed by atoms with Crippen LogP contribution in [0.3, 0.4) is 0 Å². The predicted molar refractivity (Wildman–Crippen MR) is 85.7 cm³/mol. The summed E-state index contributed by atoms with van der Waals surface area (Å²) in [5, 5.41) is 15.4. The van der Waals surface area contributed by atoms with Gasteiger partial charge < -0.3 is 5.32 Å². The van der Waals surface area contributed by atoms with Crippen molar-refractivity contribution in [3.63, 3.8) is 0 Å². The number of halogens is 1. The van der Waals surface area contributed by atoms with Gasteiger partial charge in [0.2, 0.25) is 0 Å². The zero-order valence-corrected chi connectivity index (χ0v) is 12.5. The number of fused-ring (bicyclic) bond motifs is 1. The van der Waals surface area contributed by atoms with E-state index in [4.69, 9.17) is 11.6 Å². The van der Waals surface area contributed by atoms with Crippen LogP contribution in [0.25, 0.3) is 10.2 Å². The van der Waals surface area contributed by atoms with Crippen molar-refractivity contribution < 1.29 is 4.92 Å². The van der Waals surface area contributed by atoms with Gasteiger partial charge in [0, 0.05) is 22.8 Å². The third kappa shape index (κ3) is 2.81. The van der Waals surface area contributed by atoms with Gasteiger partial charge in [0.15, 0.2) is 5.13 Å². The van der Waals surface area contributed by atoms with E-state index in [-0.39, 0.29) is 5.69 Å². The number of rotatable bonds is 3. The summed E-state index contributed by atoms with van der Waals surface area (Å²) in [4.78, 5) is 14.8. The minimum Gasteiger partial charge on any atom is -0.331 e. The highest BCUT2D eigenvalue weighted by atomic mass is 35.5. The number of anilines is 2. The van der Waals surface area contributed by atoms with Crippen LogP contribution in [0.4, 0.5) is 16.5 Å². The Morgan fingerprint density at radius 2 is 2.10 bits per heavy atom. The molecule has 0 aliphatic heterocycles. The molecule has 5 nitrogen and oxygen atoms in total. The highest BCUT2D eigenvalue weighted by Crippen LogP contribution is 2.32. The summed E-state index contributed by atoms with van der Waals surface area (Å²) in [6.45, 7) is 1.95. The van der Waals surface area contributed by atoms with Crippen molar-refractivity contribution in [2.24, 2.45) is 0 Å². The van der Waals surface area contributed by atoms with Gasteiger partial charge in [-0.3, -0.25) is 10.1 Å². The van der Waals surface area contributed by atoms with E-state index < -0.39 is 4.92 Å². The van der Waals surface area contributed by atoms with Crippen molar-refractivity contribution in [1.29, 1.82) is 0 Å². The molecule has 0 unspecified atom stereocenters. The molecule has 2 aromatic carbocycles. The molecule has 0 saturated heterocycles. The second kappa shape index (κ2) is 5.31. The predicted octanol–water partition coefficient (Wildman–Crippen LogP) is 4.91. The Morgan fingerprint density at radius 1 is 1.29 bits per heavy atom. The Kier molecular flexibility index (Phi) is 3.48. The second-order valence-electron chi connectivity index (χ2n) is 4.51. The molecule has 0 fully saturated rings. The molecule has 1 aromatic heterocycles. The maximum Gasteiger partial charge on any atom is 0.270 e. The number of hydrogen-bond donors (Lipinski definition) is 1. The summed E-state index contributed by atoms with van der Waals surface area (Å²) >= 11 is 7.30. The second-order valence-corrected chi connectivity index (χ2v) is 5.98. The van der Waals surface area contributed by atoms with Crippen molar-refractivity contribution in [1.82, 2.24) is 4.98 Å². The first kappa shape index (κ1) is 13.8. The summed E-state index contributed by atoms with van der Waals surface area (Å²) in [7, 11) is 0. The summed E-state index contributed by atoms with van der Waals surface area (Å²) < 4.78 is 0.776. The SMILES string of the molecule is Cc1cc(Cl)ccc1Nc1nc2ccc([N+](=O)[O-])cc2s1. The van der Waals surface area contributed by atoms with Gasteiger partial charge in [0.05, 0.1) is 15.1 Å². The average Bonchev–Trinajstić information content (AvgIpc) is 2.83. The van der Waals surface area contributed by atoms with Crippen molar-refractivity contribution >= 4 is 49.7 Å². The normalized spacial score (nSPS) is 10.8. The fraction of sp³-hybridized carbons (Fsp3) is 0.0714. The van der Waals surface area contributed by atoms with Crippen molar-refractivity contribution in [2.75, 3.05) is 5.32 Å². The number of nitrogens with zero attached hydrogens (tertiary/aromatic N) is 2. The third-order valence-corrected chi connectivity index (χ3v) is 4.18. The van der Waals surface area contributed by atoms with E-state index in [0.29, 0.717) is 10.2 Å². The third-order valence-electron chi connectivity index (χ3n) is 3.01. The van der Waals surface area contributed by atoms with E-state index in [2.05, 4.69) is 10.3 Å². The van der Waals surface area contributed by atoms with Gasteiger partial charge in [0.1, 0.15) is 0 Å². The number of nitro benzene ring substituents is 1. The van der Waals surface area contributed by atoms with Crippen LogP contribution in [0, 0.1) is 17.0 Å². The van der Waals surface area contributed by atoms with E-state index >= 15 is 0 Å². The number of benzene rings is 2. The number of nitrogens with one attached hydrogen (secondary N) is 1. The molecule has 1 heterocycles. The van der Waals surface area contributed by atoms with E-state index in [1.807, 2.05) is 19.1 Å². The molecule has 3 rings (SSSR count). The molecule has 0 radical (unpaired) electrons. The summed E-state index contributed by atoms with van der Waals surface area (Å²) in [6, 6.07) is 10.2. The van der Waals surface area contributed by atoms with E-state index in [0.717, 1.165) is 21.5 Å². The fourth-order valence-corrected chi connectivity index (χ4v) is 3.10. The van der Waals surface area contributed by atoms with Crippen LogP contribution in [0.2, 0.25) is 5.02 Å². The summed E-state index contributed by atoms with van der Waals surface area (Å²) in [6.07, 6.45) is 0. The van der Waals surface area contributed by atoms with Gasteiger partial charge in [0.25, 0.3) is 5.69 Å². The molecule has 0 spiro atoms. The van der Waals surface area contributed by atoms with Crippen LogP contribution in [0.1, 0.15) is 5.56 Å². The number of hydrogen-bond acceptors (Lipinski definition) is 5. The van der Waals surface area contributed by atoms with Crippen LogP contribution in [-0.4, -0.2) is 9.91 Å². The molecule has 0 aliphatic carbocycles. The van der Waals surface area contributed by atoms with Gasteiger partial charge in [-0.05, 0) is 36.8 Å². The van der Waals surface area contributed by atoms with E-state index in [9.17, 15) is 10.1 Å². The largest absolute Gasteiger partial charge is 0.331 e. The minimum atomic E-state index is -0.407. The Labute approximate surface area is 129 Å². The molecule has 0 bridgehead atoms. The Hall–Kier alpha value is -2.18. The summed E-state index contributed by atoms with van der Waals surface area (Å²) in [5.41, 5.74) is 2.72. The van der Waals surface area contributed by atoms with E-state index in [1.54, 1.807) is 12.1 Å². The van der Waals surface area contributed by atoms with Crippen molar-refractivity contribution in [3.05, 3.63) is 57.1 Å². The molecular formula is C14H10ClN3O2S. The van der Waals surface area contributed by atoms with Crippen molar-refractivity contribution in [2.45, 2.75) is 6.92 Å². The molecule has 106 valence electrons. The van der Waals surface area contributed by atoms with Crippen LogP contribution in [0.5, 0.6) is 0 Å². The van der Waals surface area contributed by atoms with Crippen LogP contribution in [0.15, 0.2) is 36.4 Å². The maximum absolute atomic E-state index is 10.8. The smallest absolute Gasteiger partial charge is 0.270 e. The average molecular weight is 320 g/mol. The molecule has 21 heavy (non-hydrogen) atoms. The first-order chi connectivity index (χ1) is 10.0. The lowest BCUT2D eigenvalue weighted by Gasteiger charge is -2.06. The van der Waals surface area contributed by atoms with Crippen LogP contribution in [-0.2, 0) is 0 Å². The van der Waals surface area contributed by atoms with E-state index in [1.165, 1.54) is 23.5 Å². The number of aromatic nitrogens is 1. The maximum atomic E-state index is 10.8. The zero-order valence-electron chi connectivity index (χ0n) is 11.0. The quantitative estimate of drug-likeness (QED) is 0.550. The molecule has 0 aliphatic rings. The number of thiazole rings is 1. The number of non-ortho nitro benzene ring substituents is 1. The molecular weight excluding hydrogens is 310 g/mol. The number of nitro groups is 1. The summed E-state index contributed by atoms with van der Waals surface area (Å²) in [5.74, 6) is 0. The van der Waals surface area contributed by atoms with Gasteiger partial charge in [-0.15, -0.1) is 0 Å². The van der Waals surface area contributed by atoms with Gasteiger partial charge in [-0.25, -0.2) is 4.98 Å². The molecule has 0 amide bonds.